The van der Waals surface area contributed by atoms with Gasteiger partial charge in [0.05, 0.1) is 11.0 Å². The van der Waals surface area contributed by atoms with Crippen molar-refractivity contribution in [1.29, 1.82) is 0 Å². The van der Waals surface area contributed by atoms with E-state index >= 15 is 0 Å². The molecule has 8 heteroatoms. The Morgan fingerprint density at radius 3 is 2.48 bits per heavy atom. The monoisotopic (exact) mass is 493 g/mol. The zero-order valence-corrected chi connectivity index (χ0v) is 24.2. The fourth-order valence-corrected chi connectivity index (χ4v) is 4.98. The van der Waals surface area contributed by atoms with Gasteiger partial charge in [0.1, 0.15) is 5.82 Å². The van der Waals surface area contributed by atoms with Crippen LogP contribution in [-0.4, -0.2) is 27.5 Å². The van der Waals surface area contributed by atoms with E-state index in [0.29, 0.717) is 18.0 Å². The van der Waals surface area contributed by atoms with Crippen LogP contribution in [0.4, 0.5) is 0 Å². The van der Waals surface area contributed by atoms with Crippen molar-refractivity contribution in [2.45, 2.75) is 71.9 Å². The van der Waals surface area contributed by atoms with Crippen LogP contribution < -0.4 is 61.8 Å². The van der Waals surface area contributed by atoms with Crippen LogP contribution in [0.5, 0.6) is 0 Å². The van der Waals surface area contributed by atoms with Crippen LogP contribution in [0.25, 0.3) is 11.0 Å². The maximum Gasteiger partial charge on any atom is 1.00 e. The average molecular weight is 494 g/mol. The van der Waals surface area contributed by atoms with E-state index < -0.39 is 12.0 Å². The van der Waals surface area contributed by atoms with Gasteiger partial charge < -0.3 is 19.8 Å². The van der Waals surface area contributed by atoms with Gasteiger partial charge in [-0.1, -0.05) is 33.8 Å². The Morgan fingerprint density at radius 1 is 1.18 bits per heavy atom. The topological polar surface area (TPSA) is 87.0 Å². The molecule has 2 heterocycles. The average Bonchev–Trinajstić information content (AvgIpc) is 3.36. The predicted molar refractivity (Wildman–Crippen MR) is 127 cm³/mol. The predicted octanol–water partition coefficient (Wildman–Crippen LogP) is 1.34. The molecule has 33 heavy (non-hydrogen) atoms. The van der Waals surface area contributed by atoms with Gasteiger partial charge in [0.25, 0.3) is 5.91 Å². The number of nitrogens with one attached hydrogen (secondary N) is 1. The Labute approximate surface area is 242 Å². The third kappa shape index (κ3) is 7.47. The number of fused-ring (bicyclic) bond motifs is 1. The molecule has 0 unspecified atom stereocenters. The molecule has 3 rings (SSSR count). The van der Waals surface area contributed by atoms with Gasteiger partial charge in [-0.3, -0.25) is 4.79 Å². The minimum Gasteiger partial charge on any atom is -0.550 e. The summed E-state index contributed by atoms with van der Waals surface area (Å²) >= 11 is 1.72. The second-order valence-corrected chi connectivity index (χ2v) is 9.74. The molecule has 0 aliphatic carbocycles. The normalized spacial score (nSPS) is 12.2. The molecule has 0 saturated heterocycles. The Balaban J connectivity index is 0.00000385. The first-order valence-electron chi connectivity index (χ1n) is 11.4. The Hall–Kier alpha value is -1.03. The molecule has 0 aliphatic rings. The number of rotatable bonds is 11. The molecular formula is C25H32KN3O3S. The Morgan fingerprint density at radius 2 is 1.91 bits per heavy atom. The van der Waals surface area contributed by atoms with Crippen molar-refractivity contribution >= 4 is 34.2 Å². The van der Waals surface area contributed by atoms with E-state index in [1.54, 1.807) is 17.4 Å². The Kier molecular flexibility index (Phi) is 11.2. The number of amides is 1. The number of hydrogen-bond acceptors (Lipinski definition) is 5. The number of aliphatic carboxylic acids is 1. The van der Waals surface area contributed by atoms with Gasteiger partial charge in [-0.25, -0.2) is 4.98 Å². The van der Waals surface area contributed by atoms with E-state index in [1.807, 2.05) is 32.0 Å². The standard InChI is InChI=1S/C25H33N3O3S.K/c1-5-19(6-2)28-22-10-9-17(25(31)26-18(12-16(3)4)14-24(29)30)13-21(22)27-23(28)15-20-8-7-11-32-20;/h7-11,13,16,18-19H,5-6,12,14-15H2,1-4H3,(H,26,31)(H,29,30);/q;+1/p-1/t18-;/m0./s1. The number of benzene rings is 1. The van der Waals surface area contributed by atoms with Crippen molar-refractivity contribution in [3.05, 3.63) is 52.0 Å². The molecule has 6 nitrogen and oxygen atoms in total. The number of imidazole rings is 1. The number of aromatic nitrogens is 2. The molecule has 1 atom stereocenters. The van der Waals surface area contributed by atoms with Crippen molar-refractivity contribution < 1.29 is 66.1 Å². The first kappa shape index (κ1) is 28.2. The van der Waals surface area contributed by atoms with Crippen LogP contribution in [0, 0.1) is 5.92 Å². The second-order valence-electron chi connectivity index (χ2n) is 8.70. The third-order valence-electron chi connectivity index (χ3n) is 5.75. The summed E-state index contributed by atoms with van der Waals surface area (Å²) in [6, 6.07) is 9.63. The fourth-order valence-electron chi connectivity index (χ4n) is 4.28. The Bertz CT molecular complexity index is 1060. The molecule has 0 spiro atoms. The molecule has 2 aromatic heterocycles. The van der Waals surface area contributed by atoms with E-state index in [0.717, 1.165) is 36.1 Å². The van der Waals surface area contributed by atoms with Gasteiger partial charge >= 0.3 is 51.4 Å². The van der Waals surface area contributed by atoms with Gasteiger partial charge in [0.15, 0.2) is 0 Å². The molecule has 0 bridgehead atoms. The van der Waals surface area contributed by atoms with Gasteiger partial charge in [-0.05, 0) is 54.8 Å². The number of carbonyl (C=O) groups is 2. The van der Waals surface area contributed by atoms with Crippen LogP contribution in [0.15, 0.2) is 35.7 Å². The van der Waals surface area contributed by atoms with E-state index in [9.17, 15) is 14.7 Å². The second kappa shape index (κ2) is 13.2. The van der Waals surface area contributed by atoms with E-state index in [2.05, 4.69) is 35.2 Å². The zero-order valence-electron chi connectivity index (χ0n) is 20.3. The summed E-state index contributed by atoms with van der Waals surface area (Å²) in [7, 11) is 0. The molecule has 0 saturated carbocycles. The number of nitrogens with zero attached hydrogens (tertiary/aromatic N) is 2. The number of carboxylic acids is 1. The zero-order chi connectivity index (χ0) is 23.3. The molecule has 1 N–H and O–H groups in total. The first-order chi connectivity index (χ1) is 15.3. The van der Waals surface area contributed by atoms with E-state index in [-0.39, 0.29) is 69.6 Å². The minimum absolute atomic E-state index is 0. The summed E-state index contributed by atoms with van der Waals surface area (Å²) in [6.45, 7) is 8.37. The third-order valence-corrected chi connectivity index (χ3v) is 6.63. The SMILES string of the molecule is CCC(CC)n1c(Cc2cccs2)nc2cc(C(=O)N[C@H](CC(=O)[O-])CC(C)C)ccc21.[K+]. The summed E-state index contributed by atoms with van der Waals surface area (Å²) in [5.41, 5.74) is 2.30. The summed E-state index contributed by atoms with van der Waals surface area (Å²) in [5.74, 6) is -0.176. The van der Waals surface area contributed by atoms with Crippen LogP contribution in [0.1, 0.15) is 80.5 Å². The van der Waals surface area contributed by atoms with Crippen molar-refractivity contribution in [2.24, 2.45) is 5.92 Å². The van der Waals surface area contributed by atoms with Crippen molar-refractivity contribution in [1.82, 2.24) is 14.9 Å². The first-order valence-corrected chi connectivity index (χ1v) is 12.2. The summed E-state index contributed by atoms with van der Waals surface area (Å²) in [4.78, 5) is 30.2. The summed E-state index contributed by atoms with van der Waals surface area (Å²) in [6.07, 6.45) is 3.15. The maximum atomic E-state index is 12.9. The van der Waals surface area contributed by atoms with Crippen molar-refractivity contribution in [3.63, 3.8) is 0 Å². The number of carbonyl (C=O) groups excluding carboxylic acids is 2. The van der Waals surface area contributed by atoms with Gasteiger partial charge in [-0.2, -0.15) is 0 Å². The molecular weight excluding hydrogens is 461 g/mol. The molecule has 172 valence electrons. The van der Waals surface area contributed by atoms with Gasteiger partial charge in [-0.15, -0.1) is 11.3 Å². The number of carboxylic acid groups (broad SMARTS) is 1. The summed E-state index contributed by atoms with van der Waals surface area (Å²) < 4.78 is 2.31. The molecule has 1 amide bonds. The largest absolute Gasteiger partial charge is 1.00 e. The van der Waals surface area contributed by atoms with Crippen molar-refractivity contribution in [2.75, 3.05) is 0 Å². The number of thiophene rings is 1. The van der Waals surface area contributed by atoms with Crippen LogP contribution in [-0.2, 0) is 11.2 Å². The molecule has 3 aromatic rings. The summed E-state index contributed by atoms with van der Waals surface area (Å²) in [5, 5.41) is 16.0. The molecule has 1 aromatic carbocycles. The maximum absolute atomic E-state index is 12.9. The minimum atomic E-state index is -1.16. The van der Waals surface area contributed by atoms with E-state index in [4.69, 9.17) is 4.98 Å². The van der Waals surface area contributed by atoms with Crippen LogP contribution in [0.3, 0.4) is 0 Å². The van der Waals surface area contributed by atoms with E-state index in [1.165, 1.54) is 4.88 Å². The molecule has 0 fully saturated rings. The van der Waals surface area contributed by atoms with Gasteiger partial charge in [0, 0.05) is 41.3 Å². The van der Waals surface area contributed by atoms with Crippen LogP contribution >= 0.6 is 11.3 Å². The number of hydrogen-bond donors (Lipinski definition) is 1. The van der Waals surface area contributed by atoms with Crippen LogP contribution in [0.2, 0.25) is 0 Å². The fraction of sp³-hybridized carbons (Fsp3) is 0.480. The molecule has 0 radical (unpaired) electrons. The molecule has 0 aliphatic heterocycles. The quantitative estimate of drug-likeness (QED) is 0.409. The van der Waals surface area contributed by atoms with Crippen molar-refractivity contribution in [3.8, 4) is 0 Å². The smallest absolute Gasteiger partial charge is 0.550 e. The van der Waals surface area contributed by atoms with Gasteiger partial charge in [0.2, 0.25) is 0 Å².